The van der Waals surface area contributed by atoms with Gasteiger partial charge in [-0.3, -0.25) is 9.21 Å². The molecule has 3 aliphatic rings. The molecule has 6 rings (SSSR count). The van der Waals surface area contributed by atoms with E-state index in [2.05, 4.69) is 17.1 Å². The van der Waals surface area contributed by atoms with Gasteiger partial charge in [0.05, 0.1) is 40.8 Å². The van der Waals surface area contributed by atoms with Crippen molar-refractivity contribution in [2.75, 3.05) is 24.0 Å². The van der Waals surface area contributed by atoms with E-state index in [1.165, 1.54) is 6.07 Å². The Bertz CT molecular complexity index is 1550. The first kappa shape index (κ1) is 27.2. The van der Waals surface area contributed by atoms with Gasteiger partial charge in [-0.05, 0) is 61.1 Å². The maximum Gasteiger partial charge on any atom is 0.416 e. The highest BCUT2D eigenvalue weighted by molar-refractivity contribution is 7.93. The molecule has 0 amide bonds. The first-order chi connectivity index (χ1) is 18.9. The van der Waals surface area contributed by atoms with Crippen LogP contribution in [0.1, 0.15) is 54.8 Å². The van der Waals surface area contributed by atoms with Crippen molar-refractivity contribution in [1.82, 2.24) is 19.7 Å². The number of anilines is 1. The fourth-order valence-corrected chi connectivity index (χ4v) is 8.38. The molecule has 1 saturated heterocycles. The van der Waals surface area contributed by atoms with Gasteiger partial charge in [-0.25, -0.2) is 8.42 Å². The summed E-state index contributed by atoms with van der Waals surface area (Å²) in [5.41, 5.74) is -0.000372. The molecule has 214 valence electrons. The fraction of sp³-hybridized carbons (Fsp3) is 0.500. The number of aromatic nitrogens is 3. The lowest BCUT2D eigenvalue weighted by atomic mass is 9.58. The minimum atomic E-state index is -4.69. The smallest absolute Gasteiger partial charge is 0.376 e. The number of hydrogen-bond acceptors (Lipinski definition) is 6. The summed E-state index contributed by atoms with van der Waals surface area (Å²) in [6.45, 7) is 5.51. The van der Waals surface area contributed by atoms with Crippen LogP contribution < -0.4 is 4.31 Å². The molecular weight excluding hydrogens is 543 g/mol. The van der Waals surface area contributed by atoms with E-state index in [1.807, 2.05) is 29.5 Å². The Balaban J connectivity index is 1.39. The first-order valence-corrected chi connectivity index (χ1v) is 14.9. The maximum atomic E-state index is 14.3. The zero-order valence-corrected chi connectivity index (χ0v) is 23.5. The summed E-state index contributed by atoms with van der Waals surface area (Å²) in [6, 6.07) is 9.64. The number of halogens is 3. The average molecular weight is 576 g/mol. The highest BCUT2D eigenvalue weighted by Gasteiger charge is 2.49. The Morgan fingerprint density at radius 1 is 1.15 bits per heavy atom. The number of sulfonamides is 1. The predicted octanol–water partition coefficient (Wildman–Crippen LogP) is 4.48. The lowest BCUT2D eigenvalue weighted by molar-refractivity contribution is -0.138. The average Bonchev–Trinajstić information content (AvgIpc) is 3.41. The van der Waals surface area contributed by atoms with Crippen molar-refractivity contribution in [2.45, 2.75) is 62.4 Å². The van der Waals surface area contributed by atoms with E-state index in [4.69, 9.17) is 4.74 Å². The summed E-state index contributed by atoms with van der Waals surface area (Å²) >= 11 is 0. The van der Waals surface area contributed by atoms with Crippen LogP contribution in [0.4, 0.5) is 18.9 Å². The molecule has 0 unspecified atom stereocenters. The van der Waals surface area contributed by atoms with Gasteiger partial charge in [-0.1, -0.05) is 19.1 Å². The van der Waals surface area contributed by atoms with Crippen molar-refractivity contribution in [3.8, 4) is 0 Å². The van der Waals surface area contributed by atoms with Crippen LogP contribution in [0.15, 0.2) is 47.6 Å². The van der Waals surface area contributed by atoms with E-state index >= 15 is 0 Å². The summed E-state index contributed by atoms with van der Waals surface area (Å²) in [7, 11) is -2.35. The van der Waals surface area contributed by atoms with Gasteiger partial charge in [-0.2, -0.15) is 13.2 Å². The minimum Gasteiger partial charge on any atom is -0.376 e. The molecule has 3 heterocycles. The Hall–Kier alpha value is -2.96. The quantitative estimate of drug-likeness (QED) is 0.447. The van der Waals surface area contributed by atoms with Crippen molar-refractivity contribution in [3.05, 3.63) is 70.8 Å². The number of alkyl halides is 3. The second-order valence-electron chi connectivity index (χ2n) is 11.5. The van der Waals surface area contributed by atoms with Crippen molar-refractivity contribution < 1.29 is 26.3 Å². The number of benzene rings is 2. The lowest BCUT2D eigenvalue weighted by Crippen LogP contribution is -2.43. The number of fused-ring (bicyclic) bond motifs is 1. The van der Waals surface area contributed by atoms with E-state index in [0.29, 0.717) is 36.9 Å². The largest absolute Gasteiger partial charge is 0.416 e. The van der Waals surface area contributed by atoms with Gasteiger partial charge in [0.1, 0.15) is 12.2 Å². The second-order valence-corrected chi connectivity index (χ2v) is 13.3. The zero-order valence-electron chi connectivity index (χ0n) is 22.6. The summed E-state index contributed by atoms with van der Waals surface area (Å²) in [4.78, 5) is 1.72. The SMILES string of the molecule is CC1CC(c2cccc(N3Cc4c(C(F)(F)F)cc(CN5CCO[C@@H](C)C5)cc4S3(=O)=O)c2)(c2nncn2C)C1. The lowest BCUT2D eigenvalue weighted by Gasteiger charge is -2.46. The number of aryl methyl sites for hydroxylation is 1. The van der Waals surface area contributed by atoms with Gasteiger partial charge < -0.3 is 9.30 Å². The topological polar surface area (TPSA) is 80.6 Å². The number of morpholine rings is 1. The third-order valence-electron chi connectivity index (χ3n) is 8.40. The standard InChI is InChI=1S/C28H32F3N5O3S/c1-18-12-27(13-18,26-33-32-17-34(26)3)21-5-4-6-22(11-21)36-16-23-24(28(29,30)31)9-20(10-25(23)40(36,37)38)15-35-7-8-39-19(2)14-35/h4-6,9-11,17-19H,7-8,12-16H2,1-3H3/t18?,19-,27?/m0/s1. The normalized spacial score (nSPS) is 26.5. The van der Waals surface area contributed by atoms with Crippen LogP contribution in [-0.2, 0) is 46.5 Å². The molecule has 0 spiro atoms. The molecule has 2 fully saturated rings. The van der Waals surface area contributed by atoms with Crippen LogP contribution in [0.25, 0.3) is 0 Å². The molecule has 12 heteroatoms. The molecule has 8 nitrogen and oxygen atoms in total. The fourth-order valence-electron chi connectivity index (χ4n) is 6.66. The van der Waals surface area contributed by atoms with Crippen LogP contribution in [0.5, 0.6) is 0 Å². The molecule has 0 bridgehead atoms. The van der Waals surface area contributed by atoms with Crippen LogP contribution >= 0.6 is 0 Å². The van der Waals surface area contributed by atoms with E-state index in [0.717, 1.165) is 34.6 Å². The number of rotatable bonds is 5. The molecule has 40 heavy (non-hydrogen) atoms. The highest BCUT2D eigenvalue weighted by atomic mass is 32.2. The van der Waals surface area contributed by atoms with E-state index in [-0.39, 0.29) is 29.7 Å². The second kappa shape index (κ2) is 9.56. The molecule has 0 N–H and O–H groups in total. The van der Waals surface area contributed by atoms with Gasteiger partial charge in [0, 0.05) is 32.2 Å². The number of nitrogens with zero attached hydrogens (tertiary/aromatic N) is 5. The van der Waals surface area contributed by atoms with E-state index in [1.54, 1.807) is 24.5 Å². The highest BCUT2D eigenvalue weighted by Crippen LogP contribution is 2.52. The Morgan fingerprint density at radius 2 is 1.93 bits per heavy atom. The molecule has 3 aromatic rings. The molecule has 1 aromatic heterocycles. The summed E-state index contributed by atoms with van der Waals surface area (Å²) in [5, 5.41) is 8.40. The summed E-state index contributed by atoms with van der Waals surface area (Å²) in [5.74, 6) is 1.24. The van der Waals surface area contributed by atoms with Gasteiger partial charge in [0.2, 0.25) is 0 Å². The van der Waals surface area contributed by atoms with Crippen molar-refractivity contribution in [3.63, 3.8) is 0 Å². The summed E-state index contributed by atoms with van der Waals surface area (Å²) < 4.78 is 79.1. The van der Waals surface area contributed by atoms with Gasteiger partial charge in [0.25, 0.3) is 10.0 Å². The molecule has 0 radical (unpaired) electrons. The number of ether oxygens (including phenoxy) is 1. The third kappa shape index (κ3) is 4.50. The zero-order chi connectivity index (χ0) is 28.4. The Labute approximate surface area is 231 Å². The maximum absolute atomic E-state index is 14.3. The van der Waals surface area contributed by atoms with Crippen molar-refractivity contribution >= 4 is 15.7 Å². The van der Waals surface area contributed by atoms with Crippen molar-refractivity contribution in [1.29, 1.82) is 0 Å². The molecule has 2 aliphatic heterocycles. The van der Waals surface area contributed by atoms with Crippen LogP contribution in [0.2, 0.25) is 0 Å². The van der Waals surface area contributed by atoms with Crippen LogP contribution in [-0.4, -0.2) is 53.9 Å². The Morgan fingerprint density at radius 3 is 2.58 bits per heavy atom. The third-order valence-corrected chi connectivity index (χ3v) is 10.2. The van der Waals surface area contributed by atoms with Crippen molar-refractivity contribution in [2.24, 2.45) is 13.0 Å². The molecule has 2 aromatic carbocycles. The summed E-state index contributed by atoms with van der Waals surface area (Å²) in [6.07, 6.45) is -1.46. The van der Waals surface area contributed by atoms with Crippen LogP contribution in [0, 0.1) is 5.92 Å². The molecule has 1 saturated carbocycles. The van der Waals surface area contributed by atoms with Gasteiger partial charge in [-0.15, -0.1) is 10.2 Å². The first-order valence-electron chi connectivity index (χ1n) is 13.4. The molecule has 1 aliphatic carbocycles. The monoisotopic (exact) mass is 575 g/mol. The van der Waals surface area contributed by atoms with Gasteiger partial charge >= 0.3 is 6.18 Å². The minimum absolute atomic E-state index is 0.0414. The molecule has 1 atom stereocenters. The van der Waals surface area contributed by atoms with Gasteiger partial charge in [0.15, 0.2) is 0 Å². The number of hydrogen-bond donors (Lipinski definition) is 0. The van der Waals surface area contributed by atoms with E-state index < -0.39 is 27.2 Å². The van der Waals surface area contributed by atoms with E-state index in [9.17, 15) is 21.6 Å². The predicted molar refractivity (Wildman–Crippen MR) is 142 cm³/mol. The Kier molecular flexibility index (Phi) is 6.50. The van der Waals surface area contributed by atoms with Crippen LogP contribution in [0.3, 0.4) is 0 Å². The molecular formula is C28H32F3N5O3S.